The van der Waals surface area contributed by atoms with Gasteiger partial charge in [0.15, 0.2) is 0 Å². The lowest BCUT2D eigenvalue weighted by molar-refractivity contribution is 0.321. The summed E-state index contributed by atoms with van der Waals surface area (Å²) in [5.74, 6) is 0.975. The van der Waals surface area contributed by atoms with E-state index >= 15 is 0 Å². The summed E-state index contributed by atoms with van der Waals surface area (Å²) < 4.78 is 5.84. The minimum absolute atomic E-state index is 0.726. The Balaban J connectivity index is 1.79. The molecule has 0 bridgehead atoms. The lowest BCUT2D eigenvalue weighted by Crippen LogP contribution is -2.08. The lowest BCUT2D eigenvalue weighted by Gasteiger charge is -2.08. The molecule has 0 fully saturated rings. The molecule has 0 spiro atoms. The Kier molecular flexibility index (Phi) is 6.12. The summed E-state index contributed by atoms with van der Waals surface area (Å²) in [5, 5.41) is 3.17. The van der Waals surface area contributed by atoms with Gasteiger partial charge in [-0.1, -0.05) is 42.5 Å². The van der Waals surface area contributed by atoms with Crippen molar-refractivity contribution in [3.63, 3.8) is 0 Å². The minimum atomic E-state index is 0.726. The maximum Gasteiger partial charge on any atom is 0.119 e. The quantitative estimate of drug-likeness (QED) is 0.741. The largest absolute Gasteiger partial charge is 0.493 e. The number of ether oxygens (including phenoxy) is 1. The van der Waals surface area contributed by atoms with Gasteiger partial charge in [-0.3, -0.25) is 0 Å². The van der Waals surface area contributed by atoms with Crippen molar-refractivity contribution < 1.29 is 4.74 Å². The van der Waals surface area contributed by atoms with E-state index in [0.29, 0.717) is 0 Å². The zero-order valence-corrected chi connectivity index (χ0v) is 12.1. The fourth-order valence-electron chi connectivity index (χ4n) is 2.19. The van der Waals surface area contributed by atoms with E-state index in [2.05, 4.69) is 47.8 Å². The van der Waals surface area contributed by atoms with Crippen molar-refractivity contribution in [2.24, 2.45) is 0 Å². The molecule has 0 atom stereocenters. The highest BCUT2D eigenvalue weighted by Gasteiger charge is 1.98. The molecule has 0 heterocycles. The Labute approximate surface area is 121 Å². The molecule has 0 saturated carbocycles. The maximum atomic E-state index is 5.84. The highest BCUT2D eigenvalue weighted by atomic mass is 16.5. The molecule has 0 aliphatic heterocycles. The second-order valence-electron chi connectivity index (χ2n) is 4.94. The van der Waals surface area contributed by atoms with E-state index < -0.39 is 0 Å². The lowest BCUT2D eigenvalue weighted by atomic mass is 10.1. The number of rotatable bonds is 8. The fraction of sp³-hybridized carbons (Fsp3) is 0.333. The molecule has 1 N–H and O–H groups in total. The van der Waals surface area contributed by atoms with E-state index in [0.717, 1.165) is 38.2 Å². The number of aryl methyl sites for hydroxylation is 1. The van der Waals surface area contributed by atoms with Crippen LogP contribution < -0.4 is 10.1 Å². The molecule has 2 aromatic carbocycles. The van der Waals surface area contributed by atoms with Crippen molar-refractivity contribution in [1.29, 1.82) is 0 Å². The topological polar surface area (TPSA) is 21.3 Å². The second kappa shape index (κ2) is 8.39. The third-order valence-corrected chi connectivity index (χ3v) is 3.29. The van der Waals surface area contributed by atoms with E-state index in [-0.39, 0.29) is 0 Å². The van der Waals surface area contributed by atoms with Crippen LogP contribution in [0.1, 0.15) is 17.5 Å². The molecular weight excluding hydrogens is 246 g/mol. The van der Waals surface area contributed by atoms with Crippen LogP contribution in [0.2, 0.25) is 0 Å². The van der Waals surface area contributed by atoms with Crippen LogP contribution in [0.25, 0.3) is 0 Å². The third-order valence-electron chi connectivity index (χ3n) is 3.29. The first-order chi connectivity index (χ1) is 9.88. The van der Waals surface area contributed by atoms with Crippen molar-refractivity contribution in [3.8, 4) is 5.75 Å². The molecular formula is C18H23NO. The van der Waals surface area contributed by atoms with Crippen LogP contribution in [0, 0.1) is 0 Å². The van der Waals surface area contributed by atoms with Crippen LogP contribution in [-0.2, 0) is 12.8 Å². The molecule has 0 aliphatic rings. The zero-order valence-electron chi connectivity index (χ0n) is 12.1. The third kappa shape index (κ3) is 5.06. The Hall–Kier alpha value is -1.80. The van der Waals surface area contributed by atoms with Gasteiger partial charge in [0, 0.05) is 6.42 Å². The summed E-state index contributed by atoms with van der Waals surface area (Å²) in [6.45, 7) is 1.78. The van der Waals surface area contributed by atoms with Crippen LogP contribution in [0.3, 0.4) is 0 Å². The number of hydrogen-bond acceptors (Lipinski definition) is 2. The van der Waals surface area contributed by atoms with E-state index in [4.69, 9.17) is 4.74 Å². The van der Waals surface area contributed by atoms with Gasteiger partial charge in [-0.25, -0.2) is 0 Å². The highest BCUT2D eigenvalue weighted by molar-refractivity contribution is 5.28. The summed E-state index contributed by atoms with van der Waals surface area (Å²) in [6, 6.07) is 18.9. The van der Waals surface area contributed by atoms with Gasteiger partial charge in [-0.2, -0.15) is 0 Å². The number of nitrogens with one attached hydrogen (secondary N) is 1. The Morgan fingerprint density at radius 1 is 0.900 bits per heavy atom. The van der Waals surface area contributed by atoms with Crippen molar-refractivity contribution in [3.05, 3.63) is 65.7 Å². The Morgan fingerprint density at radius 3 is 2.50 bits per heavy atom. The van der Waals surface area contributed by atoms with Crippen LogP contribution in [0.4, 0.5) is 0 Å². The predicted octanol–water partition coefficient (Wildman–Crippen LogP) is 3.46. The predicted molar refractivity (Wildman–Crippen MR) is 84.3 cm³/mol. The van der Waals surface area contributed by atoms with Crippen LogP contribution in [0.5, 0.6) is 5.75 Å². The number of benzene rings is 2. The van der Waals surface area contributed by atoms with Crippen LogP contribution >= 0.6 is 0 Å². The van der Waals surface area contributed by atoms with Gasteiger partial charge in [0.1, 0.15) is 5.75 Å². The summed E-state index contributed by atoms with van der Waals surface area (Å²) in [4.78, 5) is 0. The van der Waals surface area contributed by atoms with Gasteiger partial charge in [0.2, 0.25) is 0 Å². The Bertz CT molecular complexity index is 496. The number of hydrogen-bond donors (Lipinski definition) is 1. The summed E-state index contributed by atoms with van der Waals surface area (Å²) in [6.07, 6.45) is 3.20. The van der Waals surface area contributed by atoms with Crippen molar-refractivity contribution in [2.75, 3.05) is 20.2 Å². The first-order valence-electron chi connectivity index (χ1n) is 7.29. The summed E-state index contributed by atoms with van der Waals surface area (Å²) in [7, 11) is 1.99. The molecule has 0 unspecified atom stereocenters. The first-order valence-corrected chi connectivity index (χ1v) is 7.29. The molecule has 0 aliphatic carbocycles. The molecule has 0 saturated heterocycles. The molecule has 106 valence electrons. The maximum absolute atomic E-state index is 5.84. The molecule has 2 rings (SSSR count). The minimum Gasteiger partial charge on any atom is -0.493 e. The van der Waals surface area contributed by atoms with Gasteiger partial charge in [0.05, 0.1) is 6.61 Å². The molecule has 2 aromatic rings. The van der Waals surface area contributed by atoms with Crippen LogP contribution in [0.15, 0.2) is 54.6 Å². The average Bonchev–Trinajstić information content (AvgIpc) is 2.49. The zero-order chi connectivity index (χ0) is 14.0. The smallest absolute Gasteiger partial charge is 0.119 e. The van der Waals surface area contributed by atoms with E-state index in [1.165, 1.54) is 11.1 Å². The molecule has 2 heteroatoms. The molecule has 0 aromatic heterocycles. The molecule has 20 heavy (non-hydrogen) atoms. The highest BCUT2D eigenvalue weighted by Crippen LogP contribution is 2.15. The summed E-state index contributed by atoms with van der Waals surface area (Å²) >= 11 is 0. The van der Waals surface area contributed by atoms with E-state index in [1.54, 1.807) is 0 Å². The van der Waals surface area contributed by atoms with Crippen molar-refractivity contribution in [1.82, 2.24) is 5.32 Å². The van der Waals surface area contributed by atoms with Gasteiger partial charge < -0.3 is 10.1 Å². The molecule has 0 radical (unpaired) electrons. The van der Waals surface area contributed by atoms with Gasteiger partial charge in [0.25, 0.3) is 0 Å². The monoisotopic (exact) mass is 269 g/mol. The molecule has 2 nitrogen and oxygen atoms in total. The average molecular weight is 269 g/mol. The normalized spacial score (nSPS) is 10.4. The van der Waals surface area contributed by atoms with E-state index in [1.807, 2.05) is 19.2 Å². The molecule has 0 amide bonds. The summed E-state index contributed by atoms with van der Waals surface area (Å²) in [5.41, 5.74) is 2.66. The second-order valence-corrected chi connectivity index (χ2v) is 4.94. The fourth-order valence-corrected chi connectivity index (χ4v) is 2.19. The van der Waals surface area contributed by atoms with Crippen LogP contribution in [-0.4, -0.2) is 20.2 Å². The SMILES string of the molecule is CNCCCc1cccc(OCCc2ccccc2)c1. The van der Waals surface area contributed by atoms with Gasteiger partial charge in [-0.05, 0) is 49.7 Å². The van der Waals surface area contributed by atoms with Crippen molar-refractivity contribution >= 4 is 0 Å². The Morgan fingerprint density at radius 2 is 1.70 bits per heavy atom. The standard InChI is InChI=1S/C18H23NO/c1-19-13-6-10-17-9-5-11-18(15-17)20-14-12-16-7-3-2-4-8-16/h2-5,7-9,11,15,19H,6,10,12-14H2,1H3. The van der Waals surface area contributed by atoms with Gasteiger partial charge in [-0.15, -0.1) is 0 Å². The van der Waals surface area contributed by atoms with E-state index in [9.17, 15) is 0 Å². The van der Waals surface area contributed by atoms with Gasteiger partial charge >= 0.3 is 0 Å². The first kappa shape index (κ1) is 14.6. The van der Waals surface area contributed by atoms with Crippen molar-refractivity contribution in [2.45, 2.75) is 19.3 Å².